The van der Waals surface area contributed by atoms with E-state index >= 15 is 0 Å². The fourth-order valence-corrected chi connectivity index (χ4v) is 3.68. The molecule has 32 heavy (non-hydrogen) atoms. The van der Waals surface area contributed by atoms with Crippen LogP contribution in [0.4, 0.5) is 0 Å². The number of carbonyl (C=O) groups excluding carboxylic acids is 2. The van der Waals surface area contributed by atoms with Crippen LogP contribution in [0.1, 0.15) is 49.4 Å². The minimum Gasteiger partial charge on any atom is -0.484 e. The van der Waals surface area contributed by atoms with E-state index in [-0.39, 0.29) is 18.4 Å². The Morgan fingerprint density at radius 2 is 1.75 bits per heavy atom. The lowest BCUT2D eigenvalue weighted by atomic mass is 10.1. The number of nitrogens with zero attached hydrogens (tertiary/aromatic N) is 1. The van der Waals surface area contributed by atoms with Crippen molar-refractivity contribution in [2.24, 2.45) is 5.92 Å². The molecule has 0 spiro atoms. The van der Waals surface area contributed by atoms with E-state index in [4.69, 9.17) is 16.3 Å². The van der Waals surface area contributed by atoms with Crippen molar-refractivity contribution >= 4 is 23.4 Å². The second kappa shape index (κ2) is 11.9. The van der Waals surface area contributed by atoms with Gasteiger partial charge in [-0.3, -0.25) is 9.59 Å². The van der Waals surface area contributed by atoms with Crippen molar-refractivity contribution in [3.8, 4) is 5.75 Å². The molecule has 0 unspecified atom stereocenters. The minimum absolute atomic E-state index is 0.139. The Balaban J connectivity index is 2.23. The number of aryl methyl sites for hydroxylation is 3. The molecule has 0 bridgehead atoms. The molecule has 0 saturated heterocycles. The Hall–Kier alpha value is -2.53. The predicted molar refractivity (Wildman–Crippen MR) is 130 cm³/mol. The molecule has 0 aromatic heterocycles. The maximum atomic E-state index is 13.3. The summed E-state index contributed by atoms with van der Waals surface area (Å²) in [6.45, 7) is 12.6. The Bertz CT molecular complexity index is 919. The summed E-state index contributed by atoms with van der Waals surface area (Å²) in [5.74, 6) is 0.548. The van der Waals surface area contributed by atoms with Crippen molar-refractivity contribution in [3.63, 3.8) is 0 Å². The average Bonchev–Trinajstić information content (AvgIpc) is 2.74. The number of nitrogens with one attached hydrogen (secondary N) is 1. The molecular weight excluding hydrogens is 424 g/mol. The van der Waals surface area contributed by atoms with E-state index in [1.54, 1.807) is 4.90 Å². The van der Waals surface area contributed by atoms with Gasteiger partial charge < -0.3 is 15.0 Å². The third-order valence-electron chi connectivity index (χ3n) is 5.28. The molecule has 2 rings (SSSR count). The number of hydrogen-bond donors (Lipinski definition) is 1. The van der Waals surface area contributed by atoms with Gasteiger partial charge in [0.05, 0.1) is 0 Å². The van der Waals surface area contributed by atoms with Crippen molar-refractivity contribution in [2.75, 3.05) is 13.2 Å². The summed E-state index contributed by atoms with van der Waals surface area (Å²) in [5.41, 5.74) is 3.87. The maximum absolute atomic E-state index is 13.3. The maximum Gasteiger partial charge on any atom is 0.261 e. The number of carbonyl (C=O) groups is 2. The summed E-state index contributed by atoms with van der Waals surface area (Å²) in [7, 11) is 0. The van der Waals surface area contributed by atoms with E-state index in [0.717, 1.165) is 22.3 Å². The molecule has 0 aliphatic heterocycles. The standard InChI is InChI=1S/C26H35ClN2O3/c1-7-23(26(31)28-14-17(2)3)29(15-21-10-8-9-18(4)11-21)24(30)16-32-22-12-19(5)25(27)20(6)13-22/h8-13,17,23H,7,14-16H2,1-6H3,(H,28,31)/t23-/m0/s1. The van der Waals surface area contributed by atoms with Gasteiger partial charge in [0.15, 0.2) is 6.61 Å². The highest BCUT2D eigenvalue weighted by molar-refractivity contribution is 6.32. The quantitative estimate of drug-likeness (QED) is 0.530. The number of rotatable bonds is 10. The van der Waals surface area contributed by atoms with Gasteiger partial charge in [0.25, 0.3) is 5.91 Å². The van der Waals surface area contributed by atoms with Crippen LogP contribution in [-0.2, 0) is 16.1 Å². The zero-order valence-corrected chi connectivity index (χ0v) is 20.8. The van der Waals surface area contributed by atoms with Gasteiger partial charge in [-0.2, -0.15) is 0 Å². The zero-order valence-electron chi connectivity index (χ0n) is 20.0. The molecule has 0 aliphatic rings. The summed E-state index contributed by atoms with van der Waals surface area (Å²) in [4.78, 5) is 27.8. The smallest absolute Gasteiger partial charge is 0.261 e. The lowest BCUT2D eigenvalue weighted by Crippen LogP contribution is -2.50. The normalized spacial score (nSPS) is 11.9. The van der Waals surface area contributed by atoms with Crippen molar-refractivity contribution in [2.45, 2.75) is 60.5 Å². The fraction of sp³-hybridized carbons (Fsp3) is 0.462. The molecule has 1 N–H and O–H groups in total. The average molecular weight is 459 g/mol. The van der Waals surface area contributed by atoms with Gasteiger partial charge in [-0.15, -0.1) is 0 Å². The van der Waals surface area contributed by atoms with Crippen LogP contribution in [0.3, 0.4) is 0 Å². The molecule has 1 atom stereocenters. The summed E-state index contributed by atoms with van der Waals surface area (Å²) >= 11 is 6.24. The van der Waals surface area contributed by atoms with Crippen LogP contribution in [0.15, 0.2) is 36.4 Å². The summed E-state index contributed by atoms with van der Waals surface area (Å²) in [6, 6.07) is 11.0. The highest BCUT2D eigenvalue weighted by Crippen LogP contribution is 2.26. The van der Waals surface area contributed by atoms with E-state index in [0.29, 0.717) is 36.2 Å². The monoisotopic (exact) mass is 458 g/mol. The van der Waals surface area contributed by atoms with Gasteiger partial charge in [0.2, 0.25) is 5.91 Å². The first-order valence-corrected chi connectivity index (χ1v) is 11.5. The third-order valence-corrected chi connectivity index (χ3v) is 5.87. The fourth-order valence-electron chi connectivity index (χ4n) is 3.57. The summed E-state index contributed by atoms with van der Waals surface area (Å²) in [5, 5.41) is 3.66. The highest BCUT2D eigenvalue weighted by atomic mass is 35.5. The summed E-state index contributed by atoms with van der Waals surface area (Å²) < 4.78 is 5.82. The number of amides is 2. The van der Waals surface area contributed by atoms with Crippen LogP contribution in [0.5, 0.6) is 5.75 Å². The van der Waals surface area contributed by atoms with Crippen LogP contribution in [-0.4, -0.2) is 35.9 Å². The first-order valence-electron chi connectivity index (χ1n) is 11.1. The number of halogens is 1. The Morgan fingerprint density at radius 3 is 2.31 bits per heavy atom. The Kier molecular flexibility index (Phi) is 9.58. The Labute approximate surface area is 197 Å². The number of ether oxygens (including phenoxy) is 1. The largest absolute Gasteiger partial charge is 0.484 e. The molecule has 0 radical (unpaired) electrons. The molecule has 0 heterocycles. The van der Waals surface area contributed by atoms with Gasteiger partial charge in [-0.1, -0.05) is 62.2 Å². The zero-order chi connectivity index (χ0) is 23.8. The van der Waals surface area contributed by atoms with Gasteiger partial charge in [-0.25, -0.2) is 0 Å². The van der Waals surface area contributed by atoms with E-state index in [1.807, 2.05) is 77.9 Å². The first kappa shape index (κ1) is 25.7. The van der Waals surface area contributed by atoms with E-state index in [2.05, 4.69) is 5.32 Å². The van der Waals surface area contributed by atoms with Crippen LogP contribution in [0.25, 0.3) is 0 Å². The molecule has 0 fully saturated rings. The first-order chi connectivity index (χ1) is 15.1. The SMILES string of the molecule is CC[C@@H](C(=O)NCC(C)C)N(Cc1cccc(C)c1)C(=O)COc1cc(C)c(Cl)c(C)c1. The van der Waals surface area contributed by atoms with Crippen molar-refractivity contribution < 1.29 is 14.3 Å². The molecule has 6 heteroatoms. The van der Waals surface area contributed by atoms with Gasteiger partial charge in [0, 0.05) is 18.1 Å². The molecule has 5 nitrogen and oxygen atoms in total. The van der Waals surface area contributed by atoms with E-state index in [9.17, 15) is 9.59 Å². The molecule has 0 saturated carbocycles. The van der Waals surface area contributed by atoms with E-state index < -0.39 is 6.04 Å². The van der Waals surface area contributed by atoms with Crippen LogP contribution in [0.2, 0.25) is 5.02 Å². The van der Waals surface area contributed by atoms with Gasteiger partial charge >= 0.3 is 0 Å². The predicted octanol–water partition coefficient (Wildman–Crippen LogP) is 5.22. The molecule has 2 aromatic carbocycles. The molecular formula is C26H35ClN2O3. The summed E-state index contributed by atoms with van der Waals surface area (Å²) in [6.07, 6.45) is 0.515. The number of benzene rings is 2. The molecule has 174 valence electrons. The topological polar surface area (TPSA) is 58.6 Å². The highest BCUT2D eigenvalue weighted by Gasteiger charge is 2.29. The lowest BCUT2D eigenvalue weighted by molar-refractivity contribution is -0.143. The molecule has 0 aliphatic carbocycles. The van der Waals surface area contributed by atoms with E-state index in [1.165, 1.54) is 0 Å². The van der Waals surface area contributed by atoms with Gasteiger partial charge in [0.1, 0.15) is 11.8 Å². The van der Waals surface area contributed by atoms with Crippen molar-refractivity contribution in [1.82, 2.24) is 10.2 Å². The number of hydrogen-bond acceptors (Lipinski definition) is 3. The minimum atomic E-state index is -0.570. The van der Waals surface area contributed by atoms with Crippen molar-refractivity contribution in [1.29, 1.82) is 0 Å². The van der Waals surface area contributed by atoms with Gasteiger partial charge in [-0.05, 0) is 61.9 Å². The third kappa shape index (κ3) is 7.27. The van der Waals surface area contributed by atoms with Crippen LogP contribution in [0, 0.1) is 26.7 Å². The second-order valence-electron chi connectivity index (χ2n) is 8.73. The van der Waals surface area contributed by atoms with Crippen molar-refractivity contribution in [3.05, 3.63) is 63.7 Å². The lowest BCUT2D eigenvalue weighted by Gasteiger charge is -2.31. The second-order valence-corrected chi connectivity index (χ2v) is 9.11. The molecule has 2 aromatic rings. The Morgan fingerprint density at radius 1 is 1.09 bits per heavy atom. The van der Waals surface area contributed by atoms with Crippen LogP contribution < -0.4 is 10.1 Å². The van der Waals surface area contributed by atoms with Crippen LogP contribution >= 0.6 is 11.6 Å². The molecule has 2 amide bonds.